The molecule has 3 heterocycles. The quantitative estimate of drug-likeness (QED) is 0.334. The van der Waals surface area contributed by atoms with E-state index in [0.717, 1.165) is 27.8 Å². The molecule has 4 amide bonds. The molecule has 3 aromatic rings. The van der Waals surface area contributed by atoms with Crippen molar-refractivity contribution in [2.45, 2.75) is 32.4 Å². The largest absolute Gasteiger partial charge is 0.508 e. The van der Waals surface area contributed by atoms with Gasteiger partial charge in [-0.05, 0) is 53.7 Å². The number of likely N-dealkylation sites (tertiary alicyclic amines) is 2. The Morgan fingerprint density at radius 3 is 2.00 bits per heavy atom. The number of amides is 4. The molecule has 1 N–H and O–H groups in total. The van der Waals surface area contributed by atoms with Gasteiger partial charge >= 0.3 is 0 Å². The number of hydrogen-bond acceptors (Lipinski definition) is 6. The van der Waals surface area contributed by atoms with E-state index in [9.17, 15) is 24.3 Å². The van der Waals surface area contributed by atoms with Crippen molar-refractivity contribution in [3.63, 3.8) is 0 Å². The van der Waals surface area contributed by atoms with Gasteiger partial charge in [0.2, 0.25) is 23.6 Å². The van der Waals surface area contributed by atoms with Crippen LogP contribution in [0.1, 0.15) is 29.5 Å². The van der Waals surface area contributed by atoms with Crippen molar-refractivity contribution < 1.29 is 29.0 Å². The first-order valence-electron chi connectivity index (χ1n) is 15.5. The van der Waals surface area contributed by atoms with Gasteiger partial charge in [0, 0.05) is 17.9 Å². The lowest BCUT2D eigenvalue weighted by Crippen LogP contribution is -2.45. The van der Waals surface area contributed by atoms with Crippen LogP contribution in [0.25, 0.3) is 0 Å². The summed E-state index contributed by atoms with van der Waals surface area (Å²) >= 11 is 0. The van der Waals surface area contributed by atoms with Crippen molar-refractivity contribution in [3.8, 4) is 11.5 Å². The van der Waals surface area contributed by atoms with Gasteiger partial charge in [-0.3, -0.25) is 29.0 Å². The zero-order valence-corrected chi connectivity index (χ0v) is 24.5. The highest BCUT2D eigenvalue weighted by atomic mass is 16.5. The lowest BCUT2D eigenvalue weighted by atomic mass is 9.56. The van der Waals surface area contributed by atoms with Gasteiger partial charge < -0.3 is 9.84 Å². The van der Waals surface area contributed by atoms with Crippen LogP contribution in [0.4, 0.5) is 0 Å². The number of carbonyl (C=O) groups excluding carboxylic acids is 4. The van der Waals surface area contributed by atoms with E-state index in [1.807, 2.05) is 60.7 Å². The Bertz CT molecular complexity index is 1800. The molecule has 5 aliphatic rings. The van der Waals surface area contributed by atoms with Crippen LogP contribution in [0.3, 0.4) is 0 Å². The molecule has 1 saturated carbocycles. The highest BCUT2D eigenvalue weighted by Crippen LogP contribution is 2.57. The maximum atomic E-state index is 14.2. The molecule has 0 radical (unpaired) electrons. The van der Waals surface area contributed by atoms with E-state index in [1.54, 1.807) is 24.5 Å². The maximum Gasteiger partial charge on any atom is 0.234 e. The molecule has 0 spiro atoms. The summed E-state index contributed by atoms with van der Waals surface area (Å²) in [5.41, 5.74) is 4.31. The lowest BCUT2D eigenvalue weighted by molar-refractivity contribution is -0.142. The first-order valence-corrected chi connectivity index (χ1v) is 15.5. The van der Waals surface area contributed by atoms with Gasteiger partial charge in [-0.15, -0.1) is 0 Å². The van der Waals surface area contributed by atoms with Crippen LogP contribution in [-0.4, -0.2) is 38.5 Å². The van der Waals surface area contributed by atoms with Crippen molar-refractivity contribution >= 4 is 23.6 Å². The molecule has 2 aliphatic carbocycles. The van der Waals surface area contributed by atoms with Crippen LogP contribution in [0.2, 0.25) is 0 Å². The van der Waals surface area contributed by atoms with Crippen LogP contribution in [0, 0.1) is 35.5 Å². The minimum absolute atomic E-state index is 0.118. The maximum absolute atomic E-state index is 14.2. The molecule has 8 nitrogen and oxygen atoms in total. The van der Waals surface area contributed by atoms with E-state index >= 15 is 0 Å². The van der Waals surface area contributed by atoms with Crippen molar-refractivity contribution in [2.24, 2.45) is 35.5 Å². The van der Waals surface area contributed by atoms with Crippen molar-refractivity contribution in [1.29, 1.82) is 0 Å². The number of imide groups is 2. The molecule has 0 bridgehead atoms. The molecule has 3 aliphatic heterocycles. The van der Waals surface area contributed by atoms with E-state index in [1.165, 1.54) is 9.80 Å². The summed E-state index contributed by atoms with van der Waals surface area (Å²) in [4.78, 5) is 58.8. The average molecular weight is 601 g/mol. The number of hydrogen-bond donors (Lipinski definition) is 1. The smallest absolute Gasteiger partial charge is 0.234 e. The fourth-order valence-electron chi connectivity index (χ4n) is 8.39. The first kappa shape index (κ1) is 27.6. The van der Waals surface area contributed by atoms with Gasteiger partial charge in [0.15, 0.2) is 0 Å². The molecule has 3 aromatic carbocycles. The van der Waals surface area contributed by atoms with Crippen LogP contribution in [0.5, 0.6) is 11.5 Å². The van der Waals surface area contributed by atoms with Crippen LogP contribution in [0.15, 0.2) is 102 Å². The summed E-state index contributed by atoms with van der Waals surface area (Å²) in [6, 6.07) is 23.9. The molecule has 0 aromatic heterocycles. The fourth-order valence-corrected chi connectivity index (χ4v) is 8.39. The molecule has 2 saturated heterocycles. The van der Waals surface area contributed by atoms with Gasteiger partial charge in [-0.1, -0.05) is 72.3 Å². The summed E-state index contributed by atoms with van der Waals surface area (Å²) in [6.45, 7) is 0.396. The zero-order chi connectivity index (χ0) is 30.8. The van der Waals surface area contributed by atoms with E-state index in [2.05, 4.69) is 6.08 Å². The van der Waals surface area contributed by atoms with Gasteiger partial charge in [-0.2, -0.15) is 0 Å². The lowest BCUT2D eigenvalue weighted by Gasteiger charge is -2.45. The van der Waals surface area contributed by atoms with E-state index in [-0.39, 0.29) is 48.4 Å². The van der Waals surface area contributed by atoms with Gasteiger partial charge in [0.05, 0.1) is 43.0 Å². The van der Waals surface area contributed by atoms with Crippen LogP contribution >= 0.6 is 0 Å². The van der Waals surface area contributed by atoms with Crippen molar-refractivity contribution in [3.05, 3.63) is 119 Å². The molecule has 226 valence electrons. The predicted molar refractivity (Wildman–Crippen MR) is 163 cm³/mol. The second kappa shape index (κ2) is 10.6. The Morgan fingerprint density at radius 2 is 1.33 bits per heavy atom. The molecule has 6 atom stereocenters. The molecule has 3 fully saturated rings. The third kappa shape index (κ3) is 4.42. The minimum Gasteiger partial charge on any atom is -0.508 e. The molecule has 45 heavy (non-hydrogen) atoms. The number of allylic oxidation sites excluding steroid dienone is 3. The molecule has 8 rings (SSSR count). The summed E-state index contributed by atoms with van der Waals surface area (Å²) in [7, 11) is 0. The second-order valence-electron chi connectivity index (χ2n) is 12.8. The highest BCUT2D eigenvalue weighted by Gasteiger charge is 2.62. The average Bonchev–Trinajstić information content (AvgIpc) is 3.44. The predicted octanol–water partition coefficient (Wildman–Crippen LogP) is 4.78. The fraction of sp³-hybridized carbons (Fsp3) is 0.297. The number of phenols is 1. The number of ether oxygens (including phenoxy) is 1. The van der Waals surface area contributed by atoms with Crippen LogP contribution in [-0.2, 0) is 38.7 Å². The normalized spacial score (nSPS) is 28.5. The SMILES string of the molecule is O=C1C2CC=C3C(CC4C(=O)N(Cc5ccccc5)C(=O)C4C3C3=COc4ccc(O)cc4C3)C2C(=O)N1Cc1ccccc1. The van der Waals surface area contributed by atoms with Gasteiger partial charge in [0.25, 0.3) is 0 Å². The Morgan fingerprint density at radius 1 is 0.711 bits per heavy atom. The third-order valence-corrected chi connectivity index (χ3v) is 10.4. The third-order valence-electron chi connectivity index (χ3n) is 10.4. The minimum atomic E-state index is -0.637. The number of rotatable bonds is 5. The number of carbonyl (C=O) groups is 4. The van der Waals surface area contributed by atoms with E-state index in [4.69, 9.17) is 4.74 Å². The summed E-state index contributed by atoms with van der Waals surface area (Å²) in [5, 5.41) is 10.2. The Hall–Kier alpha value is -4.98. The van der Waals surface area contributed by atoms with Crippen LogP contribution < -0.4 is 4.74 Å². The summed E-state index contributed by atoms with van der Waals surface area (Å²) < 4.78 is 6.03. The summed E-state index contributed by atoms with van der Waals surface area (Å²) in [5.74, 6) is -3.23. The molecule has 6 unspecified atom stereocenters. The first-order chi connectivity index (χ1) is 21.9. The van der Waals surface area contributed by atoms with Gasteiger partial charge in [0.1, 0.15) is 11.5 Å². The number of phenolic OH excluding ortho intramolecular Hbond substituents is 1. The monoisotopic (exact) mass is 600 g/mol. The number of fused-ring (bicyclic) bond motifs is 5. The topological polar surface area (TPSA) is 104 Å². The number of benzene rings is 3. The zero-order valence-electron chi connectivity index (χ0n) is 24.5. The number of nitrogens with zero attached hydrogens (tertiary/aromatic N) is 2. The van der Waals surface area contributed by atoms with E-state index < -0.39 is 29.6 Å². The molecule has 8 heteroatoms. The Balaban J connectivity index is 1.18. The molecular weight excluding hydrogens is 568 g/mol. The van der Waals surface area contributed by atoms with Crippen molar-refractivity contribution in [2.75, 3.05) is 0 Å². The standard InChI is InChI=1S/C37H32N2O6/c40-25-11-14-30-23(16-25)15-24(20-45-30)31-26-12-13-27-32(36(43)38(34(27)41)18-21-7-3-1-4-8-21)28(26)17-29-33(31)37(44)39(35(29)42)19-22-9-5-2-6-10-22/h1-12,14,16,20,27-29,31-33,40H,13,15,17-19H2. The molecular formula is C37H32N2O6. The second-order valence-corrected chi connectivity index (χ2v) is 12.8. The number of aromatic hydroxyl groups is 1. The highest BCUT2D eigenvalue weighted by molar-refractivity contribution is 6.07. The summed E-state index contributed by atoms with van der Waals surface area (Å²) in [6.07, 6.45) is 4.91. The van der Waals surface area contributed by atoms with Gasteiger partial charge in [-0.25, -0.2) is 0 Å². The van der Waals surface area contributed by atoms with Crippen molar-refractivity contribution in [1.82, 2.24) is 9.80 Å². The Kier molecular flexibility index (Phi) is 6.48. The Labute approximate surface area is 260 Å². The van der Waals surface area contributed by atoms with E-state index in [0.29, 0.717) is 25.0 Å².